The number of amides is 1. The van der Waals surface area contributed by atoms with Crippen LogP contribution in [0.4, 0.5) is 10.1 Å². The number of fused-ring (bicyclic) bond motifs is 1. The number of halogens is 1. The largest absolute Gasteiger partial charge is 0.453 e. The fourth-order valence-corrected chi connectivity index (χ4v) is 5.79. The smallest absolute Gasteiger partial charge is 0.230 e. The molecule has 222 valence electrons. The molecule has 5 aromatic rings. The van der Waals surface area contributed by atoms with Crippen LogP contribution in [-0.2, 0) is 17.8 Å². The van der Waals surface area contributed by atoms with Gasteiger partial charge in [-0.1, -0.05) is 42.3 Å². The normalized spacial score (nSPS) is 10.9. The highest BCUT2D eigenvalue weighted by Crippen LogP contribution is 2.39. The molecule has 3 N–H and O–H groups in total. The number of nitrogens with zero attached hydrogens (tertiary/aromatic N) is 2. The number of carbonyl (C=O) groups excluding carboxylic acids is 1. The first-order valence-electron chi connectivity index (χ1n) is 13.7. The quantitative estimate of drug-likeness (QED) is 0.123. The lowest BCUT2D eigenvalue weighted by Gasteiger charge is -2.15. The van der Waals surface area contributed by atoms with Crippen LogP contribution in [0.1, 0.15) is 16.7 Å². The zero-order valence-corrected chi connectivity index (χ0v) is 25.5. The van der Waals surface area contributed by atoms with Gasteiger partial charge < -0.3 is 20.5 Å². The van der Waals surface area contributed by atoms with E-state index in [-0.39, 0.29) is 29.8 Å². The van der Waals surface area contributed by atoms with Crippen molar-refractivity contribution in [1.29, 1.82) is 0 Å². The van der Waals surface area contributed by atoms with Gasteiger partial charge in [0.05, 0.1) is 23.2 Å². The van der Waals surface area contributed by atoms with Crippen molar-refractivity contribution < 1.29 is 19.0 Å². The van der Waals surface area contributed by atoms with E-state index in [0.717, 1.165) is 43.9 Å². The van der Waals surface area contributed by atoms with Crippen molar-refractivity contribution in [3.63, 3.8) is 0 Å². The fraction of sp³-hybridized carbons (Fsp3) is 0.147. The summed E-state index contributed by atoms with van der Waals surface area (Å²) in [6.07, 6.45) is 7.11. The molecule has 1 amide bonds. The zero-order valence-electron chi connectivity index (χ0n) is 23.8. The SMILES string of the molecule is C#Cc1ccc(CC(=O)NC(=S)Nc2ccc(Oc3ccnc4cc(-c5ccc(CN(C)CCO)cc5)sc34)c(F)c2)cc1. The third kappa shape index (κ3) is 7.83. The molecular formula is C34H29FN4O3S2. The van der Waals surface area contributed by atoms with E-state index in [9.17, 15) is 4.79 Å². The minimum atomic E-state index is -0.596. The molecule has 0 unspecified atom stereocenters. The van der Waals surface area contributed by atoms with E-state index in [0.29, 0.717) is 18.0 Å². The predicted octanol–water partition coefficient (Wildman–Crippen LogP) is 6.36. The van der Waals surface area contributed by atoms with Gasteiger partial charge in [-0.2, -0.15) is 0 Å². The van der Waals surface area contributed by atoms with Crippen LogP contribution in [0.5, 0.6) is 11.5 Å². The summed E-state index contributed by atoms with van der Waals surface area (Å²) in [5.41, 5.74) is 4.82. The van der Waals surface area contributed by atoms with Crippen molar-refractivity contribution >= 4 is 50.5 Å². The predicted molar refractivity (Wildman–Crippen MR) is 177 cm³/mol. The molecule has 0 aliphatic rings. The Labute approximate surface area is 264 Å². The number of hydrogen-bond acceptors (Lipinski definition) is 7. The van der Waals surface area contributed by atoms with Gasteiger partial charge >= 0.3 is 0 Å². The van der Waals surface area contributed by atoms with Crippen LogP contribution in [0.3, 0.4) is 0 Å². The Balaban J connectivity index is 1.22. The molecule has 0 radical (unpaired) electrons. The maximum absolute atomic E-state index is 15.1. The summed E-state index contributed by atoms with van der Waals surface area (Å²) in [5, 5.41) is 14.6. The maximum Gasteiger partial charge on any atom is 0.230 e. The zero-order chi connectivity index (χ0) is 31.1. The van der Waals surface area contributed by atoms with E-state index in [1.807, 2.05) is 13.1 Å². The van der Waals surface area contributed by atoms with Crippen LogP contribution in [0, 0.1) is 18.2 Å². The van der Waals surface area contributed by atoms with E-state index < -0.39 is 5.82 Å². The van der Waals surface area contributed by atoms with E-state index in [4.69, 9.17) is 28.5 Å². The first-order valence-corrected chi connectivity index (χ1v) is 14.9. The molecule has 10 heteroatoms. The van der Waals surface area contributed by atoms with Crippen LogP contribution < -0.4 is 15.4 Å². The number of carbonyl (C=O) groups is 1. The molecule has 0 spiro atoms. The number of hydrogen-bond donors (Lipinski definition) is 3. The maximum atomic E-state index is 15.1. The molecular weight excluding hydrogens is 596 g/mol. The first kappa shape index (κ1) is 30.8. The number of thiophene rings is 1. The van der Waals surface area contributed by atoms with Gasteiger partial charge in [0.15, 0.2) is 16.7 Å². The Bertz CT molecular complexity index is 1830. The van der Waals surface area contributed by atoms with Gasteiger partial charge in [-0.05, 0) is 66.3 Å². The molecule has 3 aromatic carbocycles. The number of ether oxygens (including phenoxy) is 1. The average molecular weight is 625 g/mol. The average Bonchev–Trinajstić information content (AvgIpc) is 3.45. The van der Waals surface area contributed by atoms with E-state index >= 15 is 4.39 Å². The molecule has 7 nitrogen and oxygen atoms in total. The van der Waals surface area contributed by atoms with Gasteiger partial charge in [0, 0.05) is 47.5 Å². The van der Waals surface area contributed by atoms with E-state index in [1.54, 1.807) is 42.6 Å². The highest BCUT2D eigenvalue weighted by Gasteiger charge is 2.14. The topological polar surface area (TPSA) is 86.7 Å². The summed E-state index contributed by atoms with van der Waals surface area (Å²) in [6, 6.07) is 23.4. The van der Waals surface area contributed by atoms with Crippen molar-refractivity contribution in [2.24, 2.45) is 0 Å². The lowest BCUT2D eigenvalue weighted by Crippen LogP contribution is -2.35. The van der Waals surface area contributed by atoms with Crippen LogP contribution >= 0.6 is 23.6 Å². The number of anilines is 1. The summed E-state index contributed by atoms with van der Waals surface area (Å²) in [6.45, 7) is 1.48. The van der Waals surface area contributed by atoms with Gasteiger partial charge in [-0.25, -0.2) is 4.39 Å². The molecule has 0 aliphatic heterocycles. The third-order valence-electron chi connectivity index (χ3n) is 6.70. The first-order chi connectivity index (χ1) is 21.3. The summed E-state index contributed by atoms with van der Waals surface area (Å²) >= 11 is 6.76. The van der Waals surface area contributed by atoms with E-state index in [1.165, 1.54) is 23.5 Å². The lowest BCUT2D eigenvalue weighted by atomic mass is 10.1. The Kier molecular flexibility index (Phi) is 9.94. The molecule has 0 saturated carbocycles. The number of nitrogens with one attached hydrogen (secondary N) is 2. The molecule has 44 heavy (non-hydrogen) atoms. The summed E-state index contributed by atoms with van der Waals surface area (Å²) in [4.78, 5) is 19.9. The van der Waals surface area contributed by atoms with Crippen molar-refractivity contribution in [3.8, 4) is 34.3 Å². The number of rotatable bonds is 10. The van der Waals surface area contributed by atoms with Gasteiger partial charge in [-0.3, -0.25) is 14.7 Å². The molecule has 5 rings (SSSR count). The number of likely N-dealkylation sites (N-methyl/N-ethyl adjacent to an activating group) is 1. The Morgan fingerprint density at radius 2 is 1.82 bits per heavy atom. The van der Waals surface area contributed by atoms with Gasteiger partial charge in [0.25, 0.3) is 0 Å². The van der Waals surface area contributed by atoms with Crippen LogP contribution in [-0.4, -0.2) is 46.2 Å². The molecule has 2 heterocycles. The molecule has 0 atom stereocenters. The van der Waals surface area contributed by atoms with Crippen molar-refractivity contribution in [3.05, 3.63) is 108 Å². The van der Waals surface area contributed by atoms with Gasteiger partial charge in [0.2, 0.25) is 5.91 Å². The summed E-state index contributed by atoms with van der Waals surface area (Å²) < 4.78 is 21.9. The Hall–Kier alpha value is -4.66. The summed E-state index contributed by atoms with van der Waals surface area (Å²) in [5.74, 6) is 2.16. The minimum Gasteiger partial charge on any atom is -0.453 e. The highest BCUT2D eigenvalue weighted by molar-refractivity contribution is 7.80. The van der Waals surface area contributed by atoms with Gasteiger partial charge in [-0.15, -0.1) is 17.8 Å². The molecule has 0 bridgehead atoms. The fourth-order valence-electron chi connectivity index (χ4n) is 4.49. The molecule has 0 aliphatic carbocycles. The number of benzene rings is 3. The van der Waals surface area contributed by atoms with E-state index in [2.05, 4.69) is 50.7 Å². The van der Waals surface area contributed by atoms with Crippen molar-refractivity contribution in [2.75, 3.05) is 25.5 Å². The third-order valence-corrected chi connectivity index (χ3v) is 8.09. The summed E-state index contributed by atoms with van der Waals surface area (Å²) in [7, 11) is 1.97. The standard InChI is InChI=1S/C34H29FN4O3S2/c1-3-22-4-6-23(7-5-22)18-32(41)38-34(43)37-26-12-13-29(27(35)19-26)42-30-14-15-36-28-20-31(44-33(28)30)25-10-8-24(9-11-25)21-39(2)16-17-40/h1,4-15,19-20,40H,16-18,21H2,2H3,(H2,37,38,41,43). The highest BCUT2D eigenvalue weighted by atomic mass is 32.1. The Morgan fingerprint density at radius 3 is 2.52 bits per heavy atom. The molecule has 0 saturated heterocycles. The number of thiocarbonyl (C=S) groups is 1. The number of aromatic nitrogens is 1. The van der Waals surface area contributed by atoms with Crippen molar-refractivity contribution in [2.45, 2.75) is 13.0 Å². The number of aliphatic hydroxyl groups excluding tert-OH is 1. The second kappa shape index (κ2) is 14.2. The number of aliphatic hydroxyl groups is 1. The van der Waals surface area contributed by atoms with Crippen molar-refractivity contribution in [1.82, 2.24) is 15.2 Å². The second-order valence-corrected chi connectivity index (χ2v) is 11.5. The number of terminal acetylenes is 1. The van der Waals surface area contributed by atoms with Gasteiger partial charge in [0.1, 0.15) is 5.75 Å². The van der Waals surface area contributed by atoms with Crippen LogP contribution in [0.25, 0.3) is 20.7 Å². The Morgan fingerprint density at radius 1 is 1.07 bits per heavy atom. The lowest BCUT2D eigenvalue weighted by molar-refractivity contribution is -0.119. The molecule has 0 fully saturated rings. The molecule has 2 aromatic heterocycles. The second-order valence-electron chi connectivity index (χ2n) is 10.1. The number of pyridine rings is 1. The van der Waals surface area contributed by atoms with Crippen LogP contribution in [0.2, 0.25) is 0 Å². The van der Waals surface area contributed by atoms with Crippen LogP contribution in [0.15, 0.2) is 85.1 Å². The monoisotopic (exact) mass is 624 g/mol. The minimum absolute atomic E-state index is 0.0414.